The first-order valence-electron chi connectivity index (χ1n) is 6.66. The molecule has 0 fully saturated rings. The summed E-state index contributed by atoms with van der Waals surface area (Å²) < 4.78 is 2.49. The predicted octanol–water partition coefficient (Wildman–Crippen LogP) is 3.17. The van der Waals surface area contributed by atoms with Gasteiger partial charge in [0.2, 0.25) is 5.91 Å². The monoisotopic (exact) mass is 365 g/mol. The zero-order valence-corrected chi connectivity index (χ0v) is 14.2. The Balaban J connectivity index is 1.60. The average Bonchev–Trinajstić information content (AvgIpc) is 3.18. The molecule has 0 bridgehead atoms. The molecule has 3 rings (SSSR count). The van der Waals surface area contributed by atoms with E-state index in [-0.39, 0.29) is 11.7 Å². The quantitative estimate of drug-likeness (QED) is 0.679. The Morgan fingerprint density at radius 1 is 1.39 bits per heavy atom. The lowest BCUT2D eigenvalue weighted by Gasteiger charge is -2.09. The second kappa shape index (κ2) is 7.58. The van der Waals surface area contributed by atoms with E-state index in [2.05, 4.69) is 20.6 Å². The van der Waals surface area contributed by atoms with E-state index in [1.807, 2.05) is 24.3 Å². The summed E-state index contributed by atoms with van der Waals surface area (Å²) in [6.45, 7) is 0.534. The van der Waals surface area contributed by atoms with Gasteiger partial charge in [-0.15, -0.1) is 10.2 Å². The fourth-order valence-corrected chi connectivity index (χ4v) is 3.41. The fourth-order valence-electron chi connectivity index (χ4n) is 1.91. The summed E-state index contributed by atoms with van der Waals surface area (Å²) in [5, 5.41) is 15.4. The molecule has 9 heteroatoms. The van der Waals surface area contributed by atoms with Crippen molar-refractivity contribution >= 4 is 46.4 Å². The van der Waals surface area contributed by atoms with Gasteiger partial charge in [0.15, 0.2) is 4.34 Å². The minimum absolute atomic E-state index is 0.113. The van der Waals surface area contributed by atoms with Crippen molar-refractivity contribution in [2.24, 2.45) is 0 Å². The number of anilines is 1. The molecule has 1 aromatic carbocycles. The molecule has 2 heterocycles. The Hall–Kier alpha value is -1.90. The third-order valence-corrected chi connectivity index (χ3v) is 4.97. The lowest BCUT2D eigenvalue weighted by molar-refractivity contribution is -0.113. The van der Waals surface area contributed by atoms with Crippen LogP contribution in [0.25, 0.3) is 0 Å². The van der Waals surface area contributed by atoms with Gasteiger partial charge in [-0.05, 0) is 17.7 Å². The molecule has 0 aliphatic carbocycles. The molecule has 1 amide bonds. The van der Waals surface area contributed by atoms with Crippen molar-refractivity contribution in [2.45, 2.75) is 10.9 Å². The Labute approximate surface area is 145 Å². The van der Waals surface area contributed by atoms with E-state index in [9.17, 15) is 4.79 Å². The molecule has 1 N–H and O–H groups in total. The van der Waals surface area contributed by atoms with Gasteiger partial charge in [-0.2, -0.15) is 5.10 Å². The summed E-state index contributed by atoms with van der Waals surface area (Å²) in [6.07, 6.45) is 1.65. The number of rotatable bonds is 6. The van der Waals surface area contributed by atoms with Gasteiger partial charge in [0.05, 0.1) is 18.5 Å². The molecule has 0 saturated heterocycles. The third kappa shape index (κ3) is 4.54. The highest BCUT2D eigenvalue weighted by Gasteiger charge is 2.09. The smallest absolute Gasteiger partial charge is 0.235 e. The van der Waals surface area contributed by atoms with Gasteiger partial charge in [-0.1, -0.05) is 46.8 Å². The van der Waals surface area contributed by atoms with Gasteiger partial charge >= 0.3 is 0 Å². The summed E-state index contributed by atoms with van der Waals surface area (Å²) in [5.41, 5.74) is 2.65. The number of carbonyl (C=O) groups excluding carboxylic acids is 1. The van der Waals surface area contributed by atoms with Crippen LogP contribution in [-0.2, 0) is 11.3 Å². The van der Waals surface area contributed by atoms with Crippen LogP contribution in [0, 0.1) is 0 Å². The van der Waals surface area contributed by atoms with Crippen LogP contribution in [0.4, 0.5) is 5.82 Å². The number of thioether (sulfide) groups is 1. The van der Waals surface area contributed by atoms with E-state index < -0.39 is 0 Å². The second-order valence-electron chi connectivity index (χ2n) is 4.55. The number of benzene rings is 1. The molecule has 0 atom stereocenters. The van der Waals surface area contributed by atoms with Gasteiger partial charge in [-0.3, -0.25) is 4.79 Å². The SMILES string of the molecule is O=C(CSc1nncs1)Nc1ccnn1Cc1cccc(Cl)c1. The number of nitrogens with zero attached hydrogens (tertiary/aromatic N) is 4. The Morgan fingerprint density at radius 3 is 3.09 bits per heavy atom. The molecule has 3 aromatic rings. The molecule has 0 spiro atoms. The molecule has 2 aromatic heterocycles. The van der Waals surface area contributed by atoms with Gasteiger partial charge in [-0.25, -0.2) is 4.68 Å². The first-order chi connectivity index (χ1) is 11.2. The zero-order chi connectivity index (χ0) is 16.1. The number of halogens is 1. The predicted molar refractivity (Wildman–Crippen MR) is 92.0 cm³/mol. The fraction of sp³-hybridized carbons (Fsp3) is 0.143. The summed E-state index contributed by atoms with van der Waals surface area (Å²) in [5.74, 6) is 0.809. The van der Waals surface area contributed by atoms with E-state index in [0.29, 0.717) is 17.4 Å². The first-order valence-corrected chi connectivity index (χ1v) is 8.90. The first kappa shape index (κ1) is 16.0. The van der Waals surface area contributed by atoms with Crippen molar-refractivity contribution < 1.29 is 4.79 Å². The number of hydrogen-bond acceptors (Lipinski definition) is 6. The number of carbonyl (C=O) groups is 1. The molecule has 6 nitrogen and oxygen atoms in total. The normalized spacial score (nSPS) is 10.7. The topological polar surface area (TPSA) is 72.7 Å². The molecular weight excluding hydrogens is 354 g/mol. The molecule has 0 unspecified atom stereocenters. The minimum atomic E-state index is -0.113. The van der Waals surface area contributed by atoms with E-state index in [1.54, 1.807) is 22.5 Å². The molecule has 0 aliphatic rings. The van der Waals surface area contributed by atoms with Crippen LogP contribution < -0.4 is 5.32 Å². The maximum atomic E-state index is 12.0. The number of nitrogens with one attached hydrogen (secondary N) is 1. The zero-order valence-electron chi connectivity index (χ0n) is 11.8. The summed E-state index contributed by atoms with van der Waals surface area (Å²) >= 11 is 8.75. The second-order valence-corrected chi connectivity index (χ2v) is 7.04. The minimum Gasteiger partial charge on any atom is -0.310 e. The van der Waals surface area contributed by atoms with E-state index in [1.165, 1.54) is 23.1 Å². The van der Waals surface area contributed by atoms with Crippen molar-refractivity contribution in [1.29, 1.82) is 0 Å². The highest BCUT2D eigenvalue weighted by Crippen LogP contribution is 2.19. The van der Waals surface area contributed by atoms with Crippen molar-refractivity contribution in [3.63, 3.8) is 0 Å². The highest BCUT2D eigenvalue weighted by molar-refractivity contribution is 8.01. The average molecular weight is 366 g/mol. The maximum Gasteiger partial charge on any atom is 0.235 e. The summed E-state index contributed by atoms with van der Waals surface area (Å²) in [6, 6.07) is 9.31. The highest BCUT2D eigenvalue weighted by atomic mass is 35.5. The van der Waals surface area contributed by atoms with Crippen LogP contribution >= 0.6 is 34.7 Å². The third-order valence-electron chi connectivity index (χ3n) is 2.87. The van der Waals surface area contributed by atoms with Gasteiger partial charge in [0, 0.05) is 11.1 Å². The van der Waals surface area contributed by atoms with Gasteiger partial charge in [0.25, 0.3) is 0 Å². The van der Waals surface area contributed by atoms with Crippen LogP contribution in [0.3, 0.4) is 0 Å². The largest absolute Gasteiger partial charge is 0.310 e. The Kier molecular flexibility index (Phi) is 5.27. The lowest BCUT2D eigenvalue weighted by Crippen LogP contribution is -2.17. The Bertz CT molecular complexity index is 790. The number of aromatic nitrogens is 4. The molecule has 0 radical (unpaired) electrons. The molecule has 0 saturated carbocycles. The van der Waals surface area contributed by atoms with E-state index >= 15 is 0 Å². The van der Waals surface area contributed by atoms with Crippen LogP contribution in [-0.4, -0.2) is 31.6 Å². The molecule has 118 valence electrons. The number of amides is 1. The molecular formula is C14H12ClN5OS2. The Morgan fingerprint density at radius 2 is 2.30 bits per heavy atom. The van der Waals surface area contributed by atoms with Crippen molar-refractivity contribution in [3.05, 3.63) is 52.6 Å². The van der Waals surface area contributed by atoms with Crippen LogP contribution in [0.2, 0.25) is 5.02 Å². The van der Waals surface area contributed by atoms with E-state index in [4.69, 9.17) is 11.6 Å². The summed E-state index contributed by atoms with van der Waals surface area (Å²) in [7, 11) is 0. The van der Waals surface area contributed by atoms with Crippen molar-refractivity contribution in [1.82, 2.24) is 20.0 Å². The molecule has 23 heavy (non-hydrogen) atoms. The lowest BCUT2D eigenvalue weighted by atomic mass is 10.2. The maximum absolute atomic E-state index is 12.0. The molecule has 0 aliphatic heterocycles. The van der Waals surface area contributed by atoms with Crippen molar-refractivity contribution in [2.75, 3.05) is 11.1 Å². The summed E-state index contributed by atoms with van der Waals surface area (Å²) in [4.78, 5) is 12.0. The number of hydrogen-bond donors (Lipinski definition) is 1. The van der Waals surface area contributed by atoms with Crippen molar-refractivity contribution in [3.8, 4) is 0 Å². The van der Waals surface area contributed by atoms with E-state index in [0.717, 1.165) is 9.90 Å². The van der Waals surface area contributed by atoms with Crippen LogP contribution in [0.1, 0.15) is 5.56 Å². The van der Waals surface area contributed by atoms with Crippen LogP contribution in [0.15, 0.2) is 46.4 Å². The van der Waals surface area contributed by atoms with Gasteiger partial charge in [0.1, 0.15) is 11.3 Å². The van der Waals surface area contributed by atoms with Crippen LogP contribution in [0.5, 0.6) is 0 Å². The standard InChI is InChI=1S/C14H12ClN5OS2/c15-11-3-1-2-10(6-11)7-20-12(4-5-17-20)18-13(21)8-22-14-19-16-9-23-14/h1-6,9H,7-8H2,(H,18,21). The van der Waals surface area contributed by atoms with Gasteiger partial charge < -0.3 is 5.32 Å².